The predicted molar refractivity (Wildman–Crippen MR) is 68.0 cm³/mol. The zero-order valence-corrected chi connectivity index (χ0v) is 12.5. The largest absolute Gasteiger partial charge is 0.469 e. The van der Waals surface area contributed by atoms with Crippen molar-refractivity contribution in [2.24, 2.45) is 5.73 Å². The van der Waals surface area contributed by atoms with E-state index >= 15 is 0 Å². The van der Waals surface area contributed by atoms with E-state index in [0.717, 1.165) is 0 Å². The minimum absolute atomic E-state index is 0.0772. The number of nitrogens with zero attached hydrogens (tertiary/aromatic N) is 1. The van der Waals surface area contributed by atoms with Crippen LogP contribution < -0.4 is 5.73 Å². The molecule has 0 heterocycles. The Morgan fingerprint density at radius 2 is 1.84 bits per heavy atom. The average Bonchev–Trinajstić information content (AvgIpc) is 2.24. The molecule has 0 fully saturated rings. The van der Waals surface area contributed by atoms with Crippen LogP contribution in [-0.4, -0.2) is 79.4 Å². The van der Waals surface area contributed by atoms with E-state index in [1.165, 1.54) is 7.11 Å². The van der Waals surface area contributed by atoms with Gasteiger partial charge in [0, 0.05) is 0 Å². The normalized spacial score (nSPS) is 13.3. The summed E-state index contributed by atoms with van der Waals surface area (Å²) in [6.45, 7) is 0.283. The summed E-state index contributed by atoms with van der Waals surface area (Å²) in [4.78, 5) is 26.8. The fraction of sp³-hybridized carbons (Fsp3) is 0.889. The van der Waals surface area contributed by atoms with Crippen LogP contribution in [0, 0.1) is 0 Å². The van der Waals surface area contributed by atoms with Crippen molar-refractivity contribution in [3.63, 3.8) is 0 Å². The van der Waals surface area contributed by atoms with Crippen molar-refractivity contribution in [1.82, 2.24) is 0 Å². The van der Waals surface area contributed by atoms with Gasteiger partial charge in [-0.1, -0.05) is 0 Å². The predicted octanol–water partition coefficient (Wildman–Crippen LogP) is -1.72. The summed E-state index contributed by atoms with van der Waals surface area (Å²) in [7, 11) is 2.72. The van der Waals surface area contributed by atoms with Crippen molar-refractivity contribution in [2.75, 3.05) is 48.0 Å². The van der Waals surface area contributed by atoms with E-state index in [1.807, 2.05) is 21.1 Å². The molecule has 0 aliphatic heterocycles. The maximum Gasteiger partial charge on any atom is 0.469 e. The van der Waals surface area contributed by atoms with Crippen LogP contribution in [0.3, 0.4) is 0 Å². The van der Waals surface area contributed by atoms with E-state index in [0.29, 0.717) is 11.0 Å². The molecule has 0 aromatic carbocycles. The van der Waals surface area contributed by atoms with Crippen molar-refractivity contribution in [3.8, 4) is 0 Å². The number of methoxy groups -OCH3 is 1. The highest BCUT2D eigenvalue weighted by atomic mass is 31.2. The smallest absolute Gasteiger partial charge is 0.468 e. The van der Waals surface area contributed by atoms with Gasteiger partial charge in [0.05, 0.1) is 34.9 Å². The molecule has 0 aliphatic carbocycles. The molecule has 0 aliphatic rings. The number of phosphoric ester groups is 1. The first kappa shape index (κ1) is 20.8. The summed E-state index contributed by atoms with van der Waals surface area (Å²) in [5.74, 6) is -0.590. The number of aliphatic hydroxyl groups is 1. The van der Waals surface area contributed by atoms with Gasteiger partial charge in [-0.25, -0.2) is 4.57 Å². The molecule has 116 valence electrons. The molecule has 0 amide bonds. The number of rotatable bonds is 6. The first-order chi connectivity index (χ1) is 8.43. The number of carbonyl (C=O) groups excluding carboxylic acids is 1. The number of nitrogens with two attached hydrogens (primary N) is 1. The number of hydrogen-bond acceptors (Lipinski definition) is 6. The fourth-order valence-corrected chi connectivity index (χ4v) is 0.979. The second-order valence-electron chi connectivity index (χ2n) is 4.65. The Morgan fingerprint density at radius 3 is 2.05 bits per heavy atom. The lowest BCUT2D eigenvalue weighted by Gasteiger charge is -2.23. The van der Waals surface area contributed by atoms with Crippen molar-refractivity contribution in [3.05, 3.63) is 0 Å². The molecule has 0 aromatic heterocycles. The topological polar surface area (TPSA) is 139 Å². The molecule has 0 saturated heterocycles. The minimum atomic E-state index is -4.26. The van der Waals surface area contributed by atoms with Crippen LogP contribution in [-0.2, 0) is 18.6 Å². The van der Waals surface area contributed by atoms with E-state index in [9.17, 15) is 9.36 Å². The molecule has 0 aromatic rings. The molecule has 1 atom stereocenters. The van der Waals surface area contributed by atoms with Crippen LogP contribution in [0.1, 0.15) is 0 Å². The molecule has 0 radical (unpaired) electrons. The summed E-state index contributed by atoms with van der Waals surface area (Å²) in [6, 6.07) is -0.889. The number of likely N-dealkylation sites (N-methyl/N-ethyl adjacent to an activating group) is 1. The highest BCUT2D eigenvalue weighted by Crippen LogP contribution is 2.35. The summed E-state index contributed by atoms with van der Waals surface area (Å²) < 4.78 is 19.2. The van der Waals surface area contributed by atoms with Gasteiger partial charge >= 0.3 is 13.8 Å². The van der Waals surface area contributed by atoms with Crippen LogP contribution in [0.2, 0.25) is 0 Å². The van der Waals surface area contributed by atoms with Crippen LogP contribution >= 0.6 is 7.82 Å². The van der Waals surface area contributed by atoms with Crippen molar-refractivity contribution < 1.29 is 38.0 Å². The molecule has 19 heavy (non-hydrogen) atoms. The van der Waals surface area contributed by atoms with Gasteiger partial charge in [0.2, 0.25) is 0 Å². The average molecular weight is 303 g/mol. The van der Waals surface area contributed by atoms with Gasteiger partial charge in [0.25, 0.3) is 0 Å². The van der Waals surface area contributed by atoms with Crippen molar-refractivity contribution in [2.45, 2.75) is 6.04 Å². The molecule has 0 unspecified atom stereocenters. The standard InChI is InChI=1S/C5H14NO4P.C4H9NO3/c1-6(2,3)4-5-10-11(7,8)9;1-8-4(7)3(5)2-6/h4-5H2,1-3H3,(H-,7,8,9);3,6H,2,5H2,1H3/p+1/t;3-/m.1/s1. The molecule has 0 rings (SSSR count). The summed E-state index contributed by atoms with van der Waals surface area (Å²) in [5, 5.41) is 8.21. The lowest BCUT2D eigenvalue weighted by atomic mass is 10.3. The molecule has 5 N–H and O–H groups in total. The Kier molecular flexibility index (Phi) is 10.3. The Balaban J connectivity index is 0. The van der Waals surface area contributed by atoms with E-state index in [-0.39, 0.29) is 13.2 Å². The highest BCUT2D eigenvalue weighted by Gasteiger charge is 2.16. The SMILES string of the molecule is COC(=O)[C@H](N)CO.C[N+](C)(C)CCOP(=O)(O)O. The van der Waals surface area contributed by atoms with Crippen molar-refractivity contribution in [1.29, 1.82) is 0 Å². The monoisotopic (exact) mass is 303 g/mol. The Morgan fingerprint density at radius 1 is 1.37 bits per heavy atom. The Bertz CT molecular complexity index is 299. The lowest BCUT2D eigenvalue weighted by Crippen LogP contribution is -2.37. The maximum absolute atomic E-state index is 10.2. The van der Waals surface area contributed by atoms with Crippen LogP contribution in [0.25, 0.3) is 0 Å². The van der Waals surface area contributed by atoms with Gasteiger partial charge < -0.3 is 29.8 Å². The molecule has 9 nitrogen and oxygen atoms in total. The molecule has 0 bridgehead atoms. The third kappa shape index (κ3) is 17.5. The van der Waals surface area contributed by atoms with Crippen LogP contribution in [0.4, 0.5) is 0 Å². The molecule has 0 saturated carbocycles. The summed E-state index contributed by atoms with van der Waals surface area (Å²) in [6.07, 6.45) is 0. The molecular weight excluding hydrogens is 279 g/mol. The first-order valence-electron chi connectivity index (χ1n) is 5.37. The van der Waals surface area contributed by atoms with Crippen molar-refractivity contribution >= 4 is 13.8 Å². The number of aliphatic hydroxyl groups excluding tert-OH is 1. The zero-order valence-electron chi connectivity index (χ0n) is 11.6. The number of hydrogen-bond donors (Lipinski definition) is 4. The number of carbonyl (C=O) groups is 1. The molecule has 0 spiro atoms. The number of phosphoric acid groups is 1. The van der Waals surface area contributed by atoms with Gasteiger partial charge in [-0.15, -0.1) is 0 Å². The van der Waals surface area contributed by atoms with Gasteiger partial charge in [0.1, 0.15) is 19.2 Å². The number of quaternary nitrogens is 1. The summed E-state index contributed by atoms with van der Waals surface area (Å²) in [5.41, 5.74) is 5.00. The van der Waals surface area contributed by atoms with E-state index in [2.05, 4.69) is 9.26 Å². The molecular formula is C9H24N2O7P+. The second-order valence-corrected chi connectivity index (χ2v) is 5.89. The summed E-state index contributed by atoms with van der Waals surface area (Å²) >= 11 is 0. The lowest BCUT2D eigenvalue weighted by molar-refractivity contribution is -0.870. The number of esters is 1. The number of ether oxygens (including phenoxy) is 1. The van der Waals surface area contributed by atoms with Crippen LogP contribution in [0.5, 0.6) is 0 Å². The third-order valence-electron chi connectivity index (χ3n) is 1.72. The molecule has 10 heteroatoms. The van der Waals surface area contributed by atoms with Gasteiger partial charge in [0.15, 0.2) is 0 Å². The van der Waals surface area contributed by atoms with Gasteiger partial charge in [-0.05, 0) is 0 Å². The fourth-order valence-electron chi connectivity index (χ4n) is 0.660. The second kappa shape index (κ2) is 9.38. The van der Waals surface area contributed by atoms with Gasteiger partial charge in [-0.3, -0.25) is 9.32 Å². The van der Waals surface area contributed by atoms with E-state index in [1.54, 1.807) is 0 Å². The minimum Gasteiger partial charge on any atom is -0.468 e. The first-order valence-corrected chi connectivity index (χ1v) is 6.90. The third-order valence-corrected chi connectivity index (χ3v) is 2.24. The highest BCUT2D eigenvalue weighted by molar-refractivity contribution is 7.46. The maximum atomic E-state index is 10.2. The Hall–Kier alpha value is -0.540. The zero-order chi connectivity index (χ0) is 15.7. The van der Waals surface area contributed by atoms with E-state index < -0.39 is 19.8 Å². The Labute approximate surface area is 112 Å². The van der Waals surface area contributed by atoms with Crippen LogP contribution in [0.15, 0.2) is 0 Å². The quantitative estimate of drug-likeness (QED) is 0.258. The van der Waals surface area contributed by atoms with Gasteiger partial charge in [-0.2, -0.15) is 0 Å². The van der Waals surface area contributed by atoms with E-state index in [4.69, 9.17) is 20.6 Å².